The molecule has 0 atom stereocenters. The molecule has 216 valence electrons. The molecular formula is C32H39FN6O2. The maximum atomic E-state index is 13.6. The second-order valence-electron chi connectivity index (χ2n) is 10.3. The number of imidazole rings is 1. The summed E-state index contributed by atoms with van der Waals surface area (Å²) in [7, 11) is 0. The maximum absolute atomic E-state index is 13.6. The molecule has 5 heterocycles. The molecule has 1 aliphatic carbocycles. The van der Waals surface area contributed by atoms with E-state index in [0.717, 1.165) is 61.3 Å². The van der Waals surface area contributed by atoms with Crippen LogP contribution in [-0.4, -0.2) is 44.1 Å². The summed E-state index contributed by atoms with van der Waals surface area (Å²) in [5, 5.41) is 17.1. The first-order valence-electron chi connectivity index (χ1n) is 14.8. The summed E-state index contributed by atoms with van der Waals surface area (Å²) in [6.45, 7) is 10.1. The van der Waals surface area contributed by atoms with E-state index in [0.29, 0.717) is 35.2 Å². The number of nitrogens with one attached hydrogen (secondary N) is 2. The second kappa shape index (κ2) is 11.9. The number of pyridine rings is 2. The van der Waals surface area contributed by atoms with Crippen LogP contribution >= 0.6 is 0 Å². The average molecular weight is 559 g/mol. The predicted octanol–water partition coefficient (Wildman–Crippen LogP) is 6.32. The highest BCUT2D eigenvalue weighted by molar-refractivity contribution is 6.06. The van der Waals surface area contributed by atoms with Gasteiger partial charge in [0.25, 0.3) is 5.91 Å². The molecule has 9 heteroatoms. The van der Waals surface area contributed by atoms with Crippen LogP contribution in [0.3, 0.4) is 0 Å². The highest BCUT2D eigenvalue weighted by atomic mass is 19.1. The number of hydrogen-bond acceptors (Lipinski definition) is 6. The lowest BCUT2D eigenvalue weighted by Gasteiger charge is -2.39. The SMILES string of the molecule is CC.CC.O=C1NCc2c(-c3cnc4cc(F)ccn34)ccc(Nc3ccc(N4CCC(O)(C5CC5)CC4)cn3)c21. The smallest absolute Gasteiger partial charge is 0.254 e. The number of aromatic nitrogens is 3. The molecule has 7 rings (SSSR count). The van der Waals surface area contributed by atoms with Gasteiger partial charge >= 0.3 is 0 Å². The van der Waals surface area contributed by atoms with Crippen LogP contribution in [0.2, 0.25) is 0 Å². The molecule has 41 heavy (non-hydrogen) atoms. The average Bonchev–Trinajstić information content (AvgIpc) is 3.70. The molecule has 1 saturated carbocycles. The van der Waals surface area contributed by atoms with Crippen molar-refractivity contribution < 1.29 is 14.3 Å². The first kappa shape index (κ1) is 28.5. The Morgan fingerprint density at radius 1 is 1.02 bits per heavy atom. The van der Waals surface area contributed by atoms with E-state index < -0.39 is 5.60 Å². The van der Waals surface area contributed by atoms with Crippen molar-refractivity contribution in [1.82, 2.24) is 19.7 Å². The number of aliphatic hydroxyl groups is 1. The third-order valence-electron chi connectivity index (χ3n) is 8.06. The number of carbonyl (C=O) groups is 1. The van der Waals surface area contributed by atoms with Gasteiger partial charge in [0.2, 0.25) is 0 Å². The van der Waals surface area contributed by atoms with Gasteiger partial charge in [0, 0.05) is 37.5 Å². The number of amides is 1. The number of anilines is 3. The van der Waals surface area contributed by atoms with Crippen LogP contribution in [0.15, 0.2) is 55.0 Å². The van der Waals surface area contributed by atoms with E-state index in [2.05, 4.69) is 25.5 Å². The maximum Gasteiger partial charge on any atom is 0.254 e. The van der Waals surface area contributed by atoms with Crippen LogP contribution in [0.25, 0.3) is 16.9 Å². The predicted molar refractivity (Wildman–Crippen MR) is 161 cm³/mol. The van der Waals surface area contributed by atoms with Crippen molar-refractivity contribution in [1.29, 1.82) is 0 Å². The molecule has 0 radical (unpaired) electrons. The molecule has 0 spiro atoms. The Balaban J connectivity index is 0.000000810. The van der Waals surface area contributed by atoms with E-state index in [1.54, 1.807) is 12.4 Å². The van der Waals surface area contributed by atoms with Gasteiger partial charge in [-0.1, -0.05) is 33.8 Å². The summed E-state index contributed by atoms with van der Waals surface area (Å²) < 4.78 is 15.5. The van der Waals surface area contributed by atoms with Crippen LogP contribution in [0.1, 0.15) is 69.3 Å². The molecular weight excluding hydrogens is 519 g/mol. The number of hydrogen-bond donors (Lipinski definition) is 3. The molecule has 2 fully saturated rings. The van der Waals surface area contributed by atoms with Crippen LogP contribution in [-0.2, 0) is 6.54 Å². The standard InChI is InChI=1S/C28H27FN6O2.2C2H6/c29-18-7-10-35-23(16-31-25(35)13-18)20-4-5-22(26-21(20)15-32-27(26)36)33-24-6-3-19(14-30-24)34-11-8-28(37,9-12-34)17-1-2-17;2*1-2/h3-7,10,13-14,16-17,37H,1-2,8-9,11-12,15H2,(H,30,33)(H,32,36);2*1-2H3. The summed E-state index contributed by atoms with van der Waals surface area (Å²) >= 11 is 0. The van der Waals surface area contributed by atoms with Gasteiger partial charge in [0.15, 0.2) is 0 Å². The quantitative estimate of drug-likeness (QED) is 0.266. The summed E-state index contributed by atoms with van der Waals surface area (Å²) in [5.74, 6) is 0.646. The Bertz CT molecular complexity index is 1520. The lowest BCUT2D eigenvalue weighted by Crippen LogP contribution is -2.45. The fraction of sp³-hybridized carbons (Fsp3) is 0.406. The van der Waals surface area contributed by atoms with Gasteiger partial charge < -0.3 is 20.6 Å². The van der Waals surface area contributed by atoms with Gasteiger partial charge in [0.1, 0.15) is 17.3 Å². The number of piperidine rings is 1. The number of halogens is 1. The summed E-state index contributed by atoms with van der Waals surface area (Å²) in [6.07, 6.45) is 9.10. The molecule has 1 amide bonds. The normalized spacial score (nSPS) is 17.1. The molecule has 2 aliphatic heterocycles. The van der Waals surface area contributed by atoms with Gasteiger partial charge in [-0.05, 0) is 61.4 Å². The zero-order valence-corrected chi connectivity index (χ0v) is 24.2. The molecule has 3 N–H and O–H groups in total. The van der Waals surface area contributed by atoms with E-state index in [1.165, 1.54) is 12.1 Å². The van der Waals surface area contributed by atoms with Crippen molar-refractivity contribution in [3.8, 4) is 11.3 Å². The van der Waals surface area contributed by atoms with Crippen molar-refractivity contribution in [3.63, 3.8) is 0 Å². The van der Waals surface area contributed by atoms with Gasteiger partial charge in [-0.25, -0.2) is 14.4 Å². The Hall–Kier alpha value is -3.98. The zero-order valence-electron chi connectivity index (χ0n) is 24.2. The summed E-state index contributed by atoms with van der Waals surface area (Å²) in [4.78, 5) is 24.0. The minimum Gasteiger partial charge on any atom is -0.389 e. The van der Waals surface area contributed by atoms with E-state index in [1.807, 2.05) is 62.6 Å². The summed E-state index contributed by atoms with van der Waals surface area (Å²) in [6, 6.07) is 10.6. The number of nitrogens with zero attached hydrogens (tertiary/aromatic N) is 4. The van der Waals surface area contributed by atoms with Crippen molar-refractivity contribution in [2.45, 2.75) is 65.5 Å². The lowest BCUT2D eigenvalue weighted by atomic mass is 9.86. The van der Waals surface area contributed by atoms with Crippen LogP contribution < -0.4 is 15.5 Å². The molecule has 0 bridgehead atoms. The fourth-order valence-electron chi connectivity index (χ4n) is 5.81. The number of carbonyl (C=O) groups excluding carboxylic acids is 1. The molecule has 1 aromatic carbocycles. The Morgan fingerprint density at radius 3 is 2.46 bits per heavy atom. The van der Waals surface area contributed by atoms with Crippen LogP contribution in [0, 0.1) is 11.7 Å². The highest BCUT2D eigenvalue weighted by Crippen LogP contribution is 2.45. The topological polar surface area (TPSA) is 94.8 Å². The van der Waals surface area contributed by atoms with Crippen molar-refractivity contribution in [2.75, 3.05) is 23.3 Å². The minimum absolute atomic E-state index is 0.146. The van der Waals surface area contributed by atoms with E-state index in [4.69, 9.17) is 0 Å². The lowest BCUT2D eigenvalue weighted by molar-refractivity contribution is -0.00532. The molecule has 3 aliphatic rings. The summed E-state index contributed by atoms with van der Waals surface area (Å²) in [5.41, 5.74) is 4.86. The molecule has 8 nitrogen and oxygen atoms in total. The first-order valence-corrected chi connectivity index (χ1v) is 14.8. The monoisotopic (exact) mass is 558 g/mol. The zero-order chi connectivity index (χ0) is 29.1. The van der Waals surface area contributed by atoms with Crippen LogP contribution in [0.4, 0.5) is 21.6 Å². The van der Waals surface area contributed by atoms with Crippen molar-refractivity contribution in [3.05, 3.63) is 71.9 Å². The van der Waals surface area contributed by atoms with Gasteiger partial charge in [-0.2, -0.15) is 0 Å². The first-order chi connectivity index (χ1) is 20.0. The van der Waals surface area contributed by atoms with Gasteiger partial charge in [-0.15, -0.1) is 0 Å². The molecule has 1 saturated heterocycles. The third kappa shape index (κ3) is 5.51. The molecule has 3 aromatic heterocycles. The van der Waals surface area contributed by atoms with Crippen LogP contribution in [0.5, 0.6) is 0 Å². The fourth-order valence-corrected chi connectivity index (χ4v) is 5.81. The number of rotatable bonds is 5. The largest absolute Gasteiger partial charge is 0.389 e. The van der Waals surface area contributed by atoms with Crippen molar-refractivity contribution in [2.24, 2.45) is 5.92 Å². The minimum atomic E-state index is -0.488. The molecule has 0 unspecified atom stereocenters. The van der Waals surface area contributed by atoms with E-state index in [9.17, 15) is 14.3 Å². The van der Waals surface area contributed by atoms with Gasteiger partial charge in [0.05, 0.1) is 40.6 Å². The molecule has 4 aromatic rings. The Morgan fingerprint density at radius 2 is 1.78 bits per heavy atom. The number of benzene rings is 1. The highest BCUT2D eigenvalue weighted by Gasteiger charge is 2.45. The third-order valence-corrected chi connectivity index (χ3v) is 8.06. The Labute approximate surface area is 240 Å². The second-order valence-corrected chi connectivity index (χ2v) is 10.3. The van der Waals surface area contributed by atoms with E-state index >= 15 is 0 Å². The number of fused-ring (bicyclic) bond motifs is 2. The van der Waals surface area contributed by atoms with Crippen molar-refractivity contribution >= 4 is 28.7 Å². The van der Waals surface area contributed by atoms with E-state index in [-0.39, 0.29) is 11.7 Å². The Kier molecular flexibility index (Phi) is 8.26. The van der Waals surface area contributed by atoms with Gasteiger partial charge in [-0.3, -0.25) is 9.20 Å².